The van der Waals surface area contributed by atoms with Crippen molar-refractivity contribution in [3.05, 3.63) is 143 Å². The third kappa shape index (κ3) is 10.3. The Labute approximate surface area is 333 Å². The minimum atomic E-state index is -1.58. The molecule has 300 valence electrons. The van der Waals surface area contributed by atoms with Gasteiger partial charge < -0.3 is 28.4 Å². The van der Waals surface area contributed by atoms with Crippen molar-refractivity contribution < 1.29 is 46.4 Å². The van der Waals surface area contributed by atoms with Crippen molar-refractivity contribution in [3.63, 3.8) is 0 Å². The summed E-state index contributed by atoms with van der Waals surface area (Å²) in [6.07, 6.45) is 0.459. The molecule has 2 saturated heterocycles. The van der Waals surface area contributed by atoms with Crippen molar-refractivity contribution in [2.24, 2.45) is 5.92 Å². The molecule has 0 bridgehead atoms. The van der Waals surface area contributed by atoms with Crippen LogP contribution in [0.2, 0.25) is 0 Å². The molecule has 7 rings (SSSR count). The largest absolute Gasteiger partial charge is 0.468 e. The van der Waals surface area contributed by atoms with Crippen LogP contribution in [0.1, 0.15) is 35.6 Å². The van der Waals surface area contributed by atoms with Crippen LogP contribution in [0.3, 0.4) is 0 Å². The van der Waals surface area contributed by atoms with E-state index in [0.29, 0.717) is 32.7 Å². The van der Waals surface area contributed by atoms with Crippen molar-refractivity contribution in [3.8, 4) is 11.3 Å². The Morgan fingerprint density at radius 2 is 1.39 bits per heavy atom. The van der Waals surface area contributed by atoms with E-state index in [4.69, 9.17) is 28.4 Å². The number of nitrogens with zero attached hydrogens (tertiary/aromatic N) is 3. The molecule has 0 spiro atoms. The fourth-order valence-electron chi connectivity index (χ4n) is 7.12. The molecule has 0 amide bonds. The number of benzene rings is 4. The number of ether oxygens (including phenoxy) is 6. The Balaban J connectivity index is 1.31. The zero-order valence-electron chi connectivity index (χ0n) is 31.3. The molecule has 6 atom stereocenters. The summed E-state index contributed by atoms with van der Waals surface area (Å²) in [5.41, 5.74) is 2.04. The van der Waals surface area contributed by atoms with E-state index in [1.54, 1.807) is 4.68 Å². The van der Waals surface area contributed by atoms with Crippen LogP contribution in [0.5, 0.6) is 0 Å². The lowest BCUT2D eigenvalue weighted by atomic mass is 9.96. The standard InChI is InChI=1S/C43H44F3N3O7S/c1-51-42(50)41(31-17-19-52-20-18-31)57-43-40(55-26-30-15-9-4-10-16-30)38(49-23-35(47-48-49)32-21-33(44)37(46)34(45)22-32)39(54-25-29-13-7-3-8-14-29)36(56-43)27-53-24-28-11-5-2-6-12-28/h2-16,21-23,31,36,38-41,43H,17-20,24-27H2,1H3/t36-,38+,39+,40-,41?,43+/m1/s1. The van der Waals surface area contributed by atoms with Gasteiger partial charge in [0.05, 0.1) is 39.7 Å². The minimum absolute atomic E-state index is 0.00726. The number of thioether (sulfide) groups is 1. The lowest BCUT2D eigenvalue weighted by Crippen LogP contribution is -2.57. The monoisotopic (exact) mass is 803 g/mol. The Hall–Kier alpha value is -4.57. The van der Waals surface area contributed by atoms with Gasteiger partial charge in [-0.25, -0.2) is 17.9 Å². The van der Waals surface area contributed by atoms with Crippen LogP contribution >= 0.6 is 11.8 Å². The zero-order chi connectivity index (χ0) is 39.6. The first-order valence-electron chi connectivity index (χ1n) is 18.8. The smallest absolute Gasteiger partial charge is 0.319 e. The number of aromatic nitrogens is 3. The molecule has 2 fully saturated rings. The maximum absolute atomic E-state index is 14.5. The highest BCUT2D eigenvalue weighted by Crippen LogP contribution is 2.43. The molecule has 10 nitrogen and oxygen atoms in total. The number of rotatable bonds is 16. The molecular formula is C43H44F3N3O7S. The number of methoxy groups -OCH3 is 1. The zero-order valence-corrected chi connectivity index (χ0v) is 32.1. The third-order valence-electron chi connectivity index (χ3n) is 10.1. The van der Waals surface area contributed by atoms with Gasteiger partial charge in [0.15, 0.2) is 17.5 Å². The van der Waals surface area contributed by atoms with Gasteiger partial charge in [0.2, 0.25) is 0 Å². The molecule has 5 aromatic rings. The van der Waals surface area contributed by atoms with Gasteiger partial charge >= 0.3 is 5.97 Å². The van der Waals surface area contributed by atoms with Crippen LogP contribution in [0.15, 0.2) is 109 Å². The summed E-state index contributed by atoms with van der Waals surface area (Å²) in [6.45, 7) is 1.76. The molecule has 0 radical (unpaired) electrons. The average Bonchev–Trinajstić information content (AvgIpc) is 3.74. The first kappa shape index (κ1) is 40.6. The Morgan fingerprint density at radius 1 is 0.825 bits per heavy atom. The normalized spacial score (nSPS) is 21.9. The molecule has 57 heavy (non-hydrogen) atoms. The summed E-state index contributed by atoms with van der Waals surface area (Å²) in [4.78, 5) is 13.6. The fraction of sp³-hybridized carbons (Fsp3) is 0.372. The van der Waals surface area contributed by atoms with Crippen molar-refractivity contribution in [2.45, 2.75) is 67.7 Å². The highest BCUT2D eigenvalue weighted by atomic mass is 32.2. The van der Waals surface area contributed by atoms with E-state index in [-0.39, 0.29) is 37.0 Å². The quantitative estimate of drug-likeness (QED) is 0.0728. The van der Waals surface area contributed by atoms with Crippen molar-refractivity contribution in [1.29, 1.82) is 0 Å². The van der Waals surface area contributed by atoms with Crippen LogP contribution in [0.4, 0.5) is 13.2 Å². The summed E-state index contributed by atoms with van der Waals surface area (Å²) in [5.74, 6) is -4.74. The van der Waals surface area contributed by atoms with E-state index in [1.807, 2.05) is 91.0 Å². The molecule has 1 aromatic heterocycles. The van der Waals surface area contributed by atoms with Crippen molar-refractivity contribution in [1.82, 2.24) is 15.0 Å². The number of hydrogen-bond acceptors (Lipinski definition) is 10. The van der Waals surface area contributed by atoms with Gasteiger partial charge in [0.1, 0.15) is 40.7 Å². The van der Waals surface area contributed by atoms with E-state index < -0.39 is 58.5 Å². The number of halogens is 3. The number of carbonyl (C=O) groups is 1. The predicted molar refractivity (Wildman–Crippen MR) is 206 cm³/mol. The second-order valence-electron chi connectivity index (χ2n) is 13.9. The molecule has 3 heterocycles. The average molecular weight is 804 g/mol. The second kappa shape index (κ2) is 19.7. The molecule has 2 aliphatic rings. The van der Waals surface area contributed by atoms with Gasteiger partial charge in [-0.05, 0) is 47.6 Å². The Bertz CT molecular complexity index is 2000. The van der Waals surface area contributed by atoms with E-state index in [9.17, 15) is 18.0 Å². The van der Waals surface area contributed by atoms with Crippen molar-refractivity contribution >= 4 is 17.7 Å². The summed E-state index contributed by atoms with van der Waals surface area (Å²) >= 11 is 1.31. The molecule has 4 aromatic carbocycles. The van der Waals surface area contributed by atoms with Gasteiger partial charge in [0, 0.05) is 18.8 Å². The molecule has 0 aliphatic carbocycles. The third-order valence-corrected chi connectivity index (χ3v) is 11.6. The van der Waals surface area contributed by atoms with Crippen molar-refractivity contribution in [2.75, 3.05) is 26.9 Å². The summed E-state index contributed by atoms with van der Waals surface area (Å²) in [5, 5.41) is 8.14. The van der Waals surface area contributed by atoms with Gasteiger partial charge in [-0.15, -0.1) is 16.9 Å². The van der Waals surface area contributed by atoms with E-state index in [2.05, 4.69) is 10.3 Å². The van der Waals surface area contributed by atoms with Crippen LogP contribution in [-0.4, -0.2) is 76.9 Å². The highest BCUT2D eigenvalue weighted by Gasteiger charge is 2.51. The number of hydrogen-bond donors (Lipinski definition) is 0. The summed E-state index contributed by atoms with van der Waals surface area (Å²) in [7, 11) is 1.37. The van der Waals surface area contributed by atoms with E-state index in [0.717, 1.165) is 28.8 Å². The molecule has 2 aliphatic heterocycles. The first-order valence-corrected chi connectivity index (χ1v) is 19.8. The lowest BCUT2D eigenvalue weighted by Gasteiger charge is -2.47. The molecule has 0 saturated carbocycles. The van der Waals surface area contributed by atoms with Gasteiger partial charge in [-0.2, -0.15) is 0 Å². The number of carbonyl (C=O) groups excluding carboxylic acids is 1. The van der Waals surface area contributed by atoms with Gasteiger partial charge in [0.25, 0.3) is 0 Å². The molecule has 0 N–H and O–H groups in total. The molecular weight excluding hydrogens is 760 g/mol. The molecule has 1 unspecified atom stereocenters. The first-order chi connectivity index (χ1) is 27.9. The van der Waals surface area contributed by atoms with Gasteiger partial charge in [-0.3, -0.25) is 4.79 Å². The topological polar surface area (TPSA) is 103 Å². The number of esters is 1. The van der Waals surface area contributed by atoms with Crippen LogP contribution in [0, 0.1) is 23.4 Å². The van der Waals surface area contributed by atoms with Crippen LogP contribution in [-0.2, 0) is 53.0 Å². The minimum Gasteiger partial charge on any atom is -0.468 e. The Kier molecular flexibility index (Phi) is 14.1. The van der Waals surface area contributed by atoms with Crippen LogP contribution in [0.25, 0.3) is 11.3 Å². The summed E-state index contributed by atoms with van der Waals surface area (Å²) < 4.78 is 82.3. The van der Waals surface area contributed by atoms with E-state index >= 15 is 0 Å². The predicted octanol–water partition coefficient (Wildman–Crippen LogP) is 7.72. The highest BCUT2D eigenvalue weighted by molar-refractivity contribution is 8.01. The summed E-state index contributed by atoms with van der Waals surface area (Å²) in [6, 6.07) is 29.9. The van der Waals surface area contributed by atoms with E-state index in [1.165, 1.54) is 25.1 Å². The maximum Gasteiger partial charge on any atom is 0.319 e. The lowest BCUT2D eigenvalue weighted by molar-refractivity contribution is -0.218. The SMILES string of the molecule is COC(=O)C(S[C@@H]1O[C@H](COCc2ccccc2)[C@H](OCc2ccccc2)[C@H](n2cc(-c3cc(F)c(F)c(F)c3)nn2)[C@H]1OCc1ccccc1)C1CCOCC1. The fourth-order valence-corrected chi connectivity index (χ4v) is 8.71. The molecule has 14 heteroatoms. The second-order valence-corrected chi connectivity index (χ2v) is 15.2. The maximum atomic E-state index is 14.5. The van der Waals surface area contributed by atoms with Crippen LogP contribution < -0.4 is 0 Å². The van der Waals surface area contributed by atoms with Gasteiger partial charge in [-0.1, -0.05) is 96.2 Å². The Morgan fingerprint density at radius 3 is 1.96 bits per heavy atom.